The van der Waals surface area contributed by atoms with Crippen molar-refractivity contribution in [2.75, 3.05) is 26.2 Å². The molecule has 1 rings (SSSR count). The zero-order valence-corrected chi connectivity index (χ0v) is 8.70. The summed E-state index contributed by atoms with van der Waals surface area (Å²) in [5.74, 6) is 0. The van der Waals surface area contributed by atoms with E-state index in [0.717, 1.165) is 26.2 Å². The number of hydrogen-bond donors (Lipinski definition) is 1. The molecule has 0 bridgehead atoms. The maximum absolute atomic E-state index is 5.81. The molecule has 0 saturated carbocycles. The van der Waals surface area contributed by atoms with E-state index >= 15 is 0 Å². The highest BCUT2D eigenvalue weighted by Crippen LogP contribution is 2.08. The standard InChI is InChI=1S/C8H14Cl2N2/c1-7-5-12(3-2-11-7)6-8(10)4-9/h4,7,11H,2-3,5-6H2,1H3/t7-/m1/s1. The van der Waals surface area contributed by atoms with Gasteiger partial charge in [-0.15, -0.1) is 0 Å². The van der Waals surface area contributed by atoms with Gasteiger partial charge in [-0.3, -0.25) is 4.90 Å². The minimum atomic E-state index is 0.554. The largest absolute Gasteiger partial charge is 0.312 e. The summed E-state index contributed by atoms with van der Waals surface area (Å²) in [7, 11) is 0. The first-order valence-corrected chi connectivity index (χ1v) is 4.94. The molecule has 2 nitrogen and oxygen atoms in total. The van der Waals surface area contributed by atoms with Crippen LogP contribution in [0.25, 0.3) is 0 Å². The molecule has 0 radical (unpaired) electrons. The Morgan fingerprint density at radius 2 is 2.50 bits per heavy atom. The van der Waals surface area contributed by atoms with Crippen molar-refractivity contribution in [2.24, 2.45) is 0 Å². The summed E-state index contributed by atoms with van der Waals surface area (Å²) >= 11 is 11.3. The molecule has 0 amide bonds. The average molecular weight is 209 g/mol. The van der Waals surface area contributed by atoms with Crippen molar-refractivity contribution in [3.05, 3.63) is 10.6 Å². The van der Waals surface area contributed by atoms with Crippen molar-refractivity contribution >= 4 is 23.2 Å². The van der Waals surface area contributed by atoms with Gasteiger partial charge in [0.2, 0.25) is 0 Å². The van der Waals surface area contributed by atoms with Gasteiger partial charge in [0, 0.05) is 42.8 Å². The number of nitrogens with zero attached hydrogens (tertiary/aromatic N) is 1. The molecule has 0 aliphatic carbocycles. The van der Waals surface area contributed by atoms with Crippen LogP contribution in [-0.4, -0.2) is 37.1 Å². The van der Waals surface area contributed by atoms with Crippen LogP contribution in [0, 0.1) is 0 Å². The number of rotatable bonds is 2. The van der Waals surface area contributed by atoms with Gasteiger partial charge in [-0.2, -0.15) is 0 Å². The van der Waals surface area contributed by atoms with Gasteiger partial charge in [0.1, 0.15) is 0 Å². The SMILES string of the molecule is C[C@@H]1CN(CC(Cl)=CCl)CCN1. The second-order valence-corrected chi connectivity index (χ2v) is 3.85. The molecule has 1 aliphatic rings. The lowest BCUT2D eigenvalue weighted by Crippen LogP contribution is -2.49. The number of piperazine rings is 1. The summed E-state index contributed by atoms with van der Waals surface area (Å²) in [6, 6.07) is 0.554. The molecule has 70 valence electrons. The molecule has 1 fully saturated rings. The molecule has 1 heterocycles. The Bertz CT molecular complexity index is 170. The van der Waals surface area contributed by atoms with E-state index in [1.807, 2.05) is 0 Å². The van der Waals surface area contributed by atoms with Crippen LogP contribution in [-0.2, 0) is 0 Å². The predicted molar refractivity (Wildman–Crippen MR) is 53.7 cm³/mol. The molecule has 0 aromatic carbocycles. The third-order valence-corrected chi connectivity index (χ3v) is 2.55. The fourth-order valence-electron chi connectivity index (χ4n) is 1.40. The fourth-order valence-corrected chi connectivity index (χ4v) is 1.64. The van der Waals surface area contributed by atoms with Gasteiger partial charge in [0.15, 0.2) is 0 Å². The lowest BCUT2D eigenvalue weighted by Gasteiger charge is -2.31. The lowest BCUT2D eigenvalue weighted by atomic mass is 10.2. The molecular formula is C8H14Cl2N2. The van der Waals surface area contributed by atoms with Crippen LogP contribution in [0.5, 0.6) is 0 Å². The number of hydrogen-bond acceptors (Lipinski definition) is 2. The Hall–Kier alpha value is 0.240. The van der Waals surface area contributed by atoms with Gasteiger partial charge in [-0.25, -0.2) is 0 Å². The fraction of sp³-hybridized carbons (Fsp3) is 0.750. The van der Waals surface area contributed by atoms with Gasteiger partial charge in [-0.05, 0) is 6.92 Å². The molecular weight excluding hydrogens is 195 g/mol. The average Bonchev–Trinajstić information content (AvgIpc) is 2.04. The zero-order chi connectivity index (χ0) is 8.97. The van der Waals surface area contributed by atoms with Gasteiger partial charge < -0.3 is 5.32 Å². The van der Waals surface area contributed by atoms with Crippen molar-refractivity contribution < 1.29 is 0 Å². The van der Waals surface area contributed by atoms with E-state index < -0.39 is 0 Å². The van der Waals surface area contributed by atoms with Gasteiger partial charge in [0.25, 0.3) is 0 Å². The van der Waals surface area contributed by atoms with Crippen LogP contribution >= 0.6 is 23.2 Å². The first-order valence-electron chi connectivity index (χ1n) is 4.13. The third kappa shape index (κ3) is 3.31. The van der Waals surface area contributed by atoms with Crippen molar-refractivity contribution in [3.8, 4) is 0 Å². The Balaban J connectivity index is 2.32. The molecule has 1 saturated heterocycles. The minimum absolute atomic E-state index is 0.554. The quantitative estimate of drug-likeness (QED) is 0.743. The monoisotopic (exact) mass is 208 g/mol. The smallest absolute Gasteiger partial charge is 0.0434 e. The molecule has 1 atom stereocenters. The molecule has 1 N–H and O–H groups in total. The van der Waals surface area contributed by atoms with Crippen LogP contribution < -0.4 is 5.32 Å². The van der Waals surface area contributed by atoms with Gasteiger partial charge in [-0.1, -0.05) is 23.2 Å². The number of halogens is 2. The molecule has 1 aliphatic heterocycles. The summed E-state index contributed by atoms with van der Waals surface area (Å²) < 4.78 is 0. The Labute approximate surface area is 83.5 Å². The molecule has 0 unspecified atom stereocenters. The Morgan fingerprint density at radius 1 is 1.75 bits per heavy atom. The normalized spacial score (nSPS) is 27.6. The summed E-state index contributed by atoms with van der Waals surface area (Å²) in [6.45, 7) is 6.07. The Morgan fingerprint density at radius 3 is 3.08 bits per heavy atom. The molecule has 0 spiro atoms. The summed E-state index contributed by atoms with van der Waals surface area (Å²) in [5.41, 5.74) is 1.44. The molecule has 0 aromatic heterocycles. The van der Waals surface area contributed by atoms with Crippen LogP contribution in [0.15, 0.2) is 10.6 Å². The third-order valence-electron chi connectivity index (χ3n) is 1.95. The van der Waals surface area contributed by atoms with Gasteiger partial charge in [0.05, 0.1) is 0 Å². The lowest BCUT2D eigenvalue weighted by molar-refractivity contribution is 0.225. The molecule has 0 aromatic rings. The van der Waals surface area contributed by atoms with Crippen molar-refractivity contribution in [2.45, 2.75) is 13.0 Å². The highest BCUT2D eigenvalue weighted by molar-refractivity contribution is 6.36. The molecule has 12 heavy (non-hydrogen) atoms. The summed E-state index contributed by atoms with van der Waals surface area (Å²) in [4.78, 5) is 2.29. The van der Waals surface area contributed by atoms with Crippen LogP contribution in [0.2, 0.25) is 0 Å². The van der Waals surface area contributed by atoms with E-state index in [1.165, 1.54) is 5.54 Å². The first-order chi connectivity index (χ1) is 5.72. The highest BCUT2D eigenvalue weighted by Gasteiger charge is 2.15. The van der Waals surface area contributed by atoms with E-state index in [2.05, 4.69) is 17.1 Å². The maximum Gasteiger partial charge on any atom is 0.0434 e. The van der Waals surface area contributed by atoms with E-state index in [4.69, 9.17) is 23.2 Å². The Kier molecular flexibility index (Phi) is 4.36. The zero-order valence-electron chi connectivity index (χ0n) is 7.19. The second kappa shape index (κ2) is 5.07. The van der Waals surface area contributed by atoms with Crippen LogP contribution in [0.3, 0.4) is 0 Å². The minimum Gasteiger partial charge on any atom is -0.312 e. The van der Waals surface area contributed by atoms with E-state index in [9.17, 15) is 0 Å². The predicted octanol–water partition coefficient (Wildman–Crippen LogP) is 1.60. The van der Waals surface area contributed by atoms with Gasteiger partial charge >= 0.3 is 0 Å². The second-order valence-electron chi connectivity index (χ2n) is 3.15. The van der Waals surface area contributed by atoms with Crippen molar-refractivity contribution in [1.82, 2.24) is 10.2 Å². The van der Waals surface area contributed by atoms with Crippen molar-refractivity contribution in [1.29, 1.82) is 0 Å². The maximum atomic E-state index is 5.81. The van der Waals surface area contributed by atoms with Crippen LogP contribution in [0.1, 0.15) is 6.92 Å². The van der Waals surface area contributed by atoms with E-state index in [1.54, 1.807) is 0 Å². The first kappa shape index (κ1) is 10.3. The summed E-state index contributed by atoms with van der Waals surface area (Å²) in [5, 5.41) is 4.08. The van der Waals surface area contributed by atoms with Crippen molar-refractivity contribution in [3.63, 3.8) is 0 Å². The highest BCUT2D eigenvalue weighted by atomic mass is 35.5. The van der Waals surface area contributed by atoms with E-state index in [-0.39, 0.29) is 0 Å². The number of nitrogens with one attached hydrogen (secondary N) is 1. The molecule has 4 heteroatoms. The van der Waals surface area contributed by atoms with Crippen LogP contribution in [0.4, 0.5) is 0 Å². The van der Waals surface area contributed by atoms with E-state index in [0.29, 0.717) is 11.1 Å². The topological polar surface area (TPSA) is 15.3 Å². The summed E-state index contributed by atoms with van der Waals surface area (Å²) in [6.07, 6.45) is 0.